The molecule has 2 heterocycles. The van der Waals surface area contributed by atoms with Gasteiger partial charge in [0.05, 0.1) is 0 Å². The smallest absolute Gasteiger partial charge is 0.272 e. The summed E-state index contributed by atoms with van der Waals surface area (Å²) in [4.78, 5) is 23.8. The molecule has 0 bridgehead atoms. The molecule has 3 rings (SSSR count). The summed E-state index contributed by atoms with van der Waals surface area (Å²) in [7, 11) is 0. The molecular weight excluding hydrogens is 336 g/mol. The quantitative estimate of drug-likeness (QED) is 0.855. The van der Waals surface area contributed by atoms with E-state index in [0.29, 0.717) is 23.3 Å². The van der Waals surface area contributed by atoms with Crippen LogP contribution in [0.15, 0.2) is 30.3 Å². The molecule has 1 unspecified atom stereocenters. The van der Waals surface area contributed by atoms with E-state index in [4.69, 9.17) is 0 Å². The molecule has 1 aliphatic heterocycles. The molecule has 0 saturated carbocycles. The van der Waals surface area contributed by atoms with Crippen LogP contribution in [0.3, 0.4) is 0 Å². The summed E-state index contributed by atoms with van der Waals surface area (Å²) >= 11 is 0. The predicted octanol–water partition coefficient (Wildman–Crippen LogP) is 4.70. The lowest BCUT2D eigenvalue weighted by atomic mass is 9.86. The lowest BCUT2D eigenvalue weighted by Crippen LogP contribution is -2.39. The number of hydrogen-bond acceptors (Lipinski definition) is 4. The van der Waals surface area contributed by atoms with Crippen LogP contribution in [-0.2, 0) is 5.41 Å². The lowest BCUT2D eigenvalue weighted by molar-refractivity contribution is 0.0676. The van der Waals surface area contributed by atoms with Crippen LogP contribution in [0.5, 0.6) is 0 Å². The van der Waals surface area contributed by atoms with E-state index in [1.54, 1.807) is 6.07 Å². The molecule has 1 atom stereocenters. The number of amides is 1. The van der Waals surface area contributed by atoms with Gasteiger partial charge in [0.25, 0.3) is 5.91 Å². The van der Waals surface area contributed by atoms with Crippen LogP contribution in [-0.4, -0.2) is 33.9 Å². The Morgan fingerprint density at radius 1 is 1.22 bits per heavy atom. The van der Waals surface area contributed by atoms with Crippen LogP contribution in [0.4, 0.5) is 11.5 Å². The molecule has 1 saturated heterocycles. The van der Waals surface area contributed by atoms with Crippen LogP contribution in [0.25, 0.3) is 0 Å². The second kappa shape index (κ2) is 7.67. The first-order valence-corrected chi connectivity index (χ1v) is 9.75. The number of carbonyl (C=O) groups is 1. The van der Waals surface area contributed by atoms with Gasteiger partial charge >= 0.3 is 0 Å². The monoisotopic (exact) mass is 366 g/mol. The van der Waals surface area contributed by atoms with Gasteiger partial charge in [0.15, 0.2) is 0 Å². The maximum absolute atomic E-state index is 12.9. The number of rotatable bonds is 3. The molecule has 5 nitrogen and oxygen atoms in total. The van der Waals surface area contributed by atoms with Crippen molar-refractivity contribution in [2.24, 2.45) is 5.92 Å². The van der Waals surface area contributed by atoms with Crippen LogP contribution < -0.4 is 5.32 Å². The zero-order valence-electron chi connectivity index (χ0n) is 17.0. The predicted molar refractivity (Wildman–Crippen MR) is 109 cm³/mol. The van der Waals surface area contributed by atoms with Gasteiger partial charge in [-0.2, -0.15) is 0 Å². The molecule has 0 radical (unpaired) electrons. The average Bonchev–Trinajstić information content (AvgIpc) is 2.60. The standard InChI is InChI=1S/C22H30N4O/c1-15-9-8-12-26(14-15)21(27)19-13-20(24-16(2)23-19)25-18-11-7-6-10-17(18)22(3,4)5/h6-7,10-11,13,15H,8-9,12,14H2,1-5H3,(H,23,24,25). The highest BCUT2D eigenvalue weighted by atomic mass is 16.2. The van der Waals surface area contributed by atoms with Gasteiger partial charge in [-0.3, -0.25) is 4.79 Å². The highest BCUT2D eigenvalue weighted by Crippen LogP contribution is 2.31. The average molecular weight is 367 g/mol. The zero-order chi connectivity index (χ0) is 19.6. The summed E-state index contributed by atoms with van der Waals surface area (Å²) < 4.78 is 0. The Hall–Kier alpha value is -2.43. The van der Waals surface area contributed by atoms with E-state index in [-0.39, 0.29) is 11.3 Å². The first-order chi connectivity index (χ1) is 12.7. The van der Waals surface area contributed by atoms with Gasteiger partial charge in [-0.1, -0.05) is 45.9 Å². The molecule has 0 spiro atoms. The molecule has 1 aliphatic rings. The number of anilines is 2. The number of para-hydroxylation sites is 1. The fourth-order valence-corrected chi connectivity index (χ4v) is 3.66. The van der Waals surface area contributed by atoms with Gasteiger partial charge in [-0.15, -0.1) is 0 Å². The fraction of sp³-hybridized carbons (Fsp3) is 0.500. The molecule has 1 N–H and O–H groups in total. The number of nitrogens with one attached hydrogen (secondary N) is 1. The Kier molecular flexibility index (Phi) is 5.49. The van der Waals surface area contributed by atoms with Crippen LogP contribution in [0.2, 0.25) is 0 Å². The molecule has 1 fully saturated rings. The maximum atomic E-state index is 12.9. The Morgan fingerprint density at radius 2 is 1.96 bits per heavy atom. The Morgan fingerprint density at radius 3 is 2.67 bits per heavy atom. The normalized spacial score (nSPS) is 17.7. The van der Waals surface area contributed by atoms with E-state index in [2.05, 4.69) is 49.0 Å². The largest absolute Gasteiger partial charge is 0.340 e. The summed E-state index contributed by atoms with van der Waals surface area (Å²) in [6.45, 7) is 12.2. The molecule has 1 aromatic heterocycles. The van der Waals surface area contributed by atoms with Crippen molar-refractivity contribution in [1.29, 1.82) is 0 Å². The van der Waals surface area contributed by atoms with Crippen molar-refractivity contribution in [3.05, 3.63) is 47.4 Å². The summed E-state index contributed by atoms with van der Waals surface area (Å²) in [5.74, 6) is 1.80. The Labute approximate surface area is 162 Å². The molecule has 0 aliphatic carbocycles. The van der Waals surface area contributed by atoms with Crippen LogP contribution in [0.1, 0.15) is 62.4 Å². The Balaban J connectivity index is 1.87. The van der Waals surface area contributed by atoms with Crippen molar-refractivity contribution in [3.8, 4) is 0 Å². The van der Waals surface area contributed by atoms with Gasteiger partial charge < -0.3 is 10.2 Å². The summed E-state index contributed by atoms with van der Waals surface area (Å²) in [6.07, 6.45) is 2.24. The van der Waals surface area contributed by atoms with E-state index >= 15 is 0 Å². The number of carbonyl (C=O) groups excluding carboxylic acids is 1. The third-order valence-electron chi connectivity index (χ3n) is 5.00. The minimum Gasteiger partial charge on any atom is -0.340 e. The number of hydrogen-bond donors (Lipinski definition) is 1. The van der Waals surface area contributed by atoms with E-state index < -0.39 is 0 Å². The number of likely N-dealkylation sites (tertiary alicyclic amines) is 1. The molecule has 1 aromatic carbocycles. The molecule has 5 heteroatoms. The number of aryl methyl sites for hydroxylation is 1. The van der Waals surface area contributed by atoms with Crippen molar-refractivity contribution >= 4 is 17.4 Å². The number of benzene rings is 1. The van der Waals surface area contributed by atoms with Gasteiger partial charge in [0.2, 0.25) is 0 Å². The zero-order valence-corrected chi connectivity index (χ0v) is 17.0. The van der Waals surface area contributed by atoms with Crippen molar-refractivity contribution in [1.82, 2.24) is 14.9 Å². The number of nitrogens with zero attached hydrogens (tertiary/aromatic N) is 3. The van der Waals surface area contributed by atoms with Crippen LogP contribution in [0, 0.1) is 12.8 Å². The third-order valence-corrected chi connectivity index (χ3v) is 5.00. The van der Waals surface area contributed by atoms with Crippen molar-refractivity contribution in [3.63, 3.8) is 0 Å². The SMILES string of the molecule is Cc1nc(Nc2ccccc2C(C)(C)C)cc(C(=O)N2CCCC(C)C2)n1. The van der Waals surface area contributed by atoms with Gasteiger partial charge in [0, 0.05) is 24.8 Å². The fourth-order valence-electron chi connectivity index (χ4n) is 3.66. The molecule has 1 amide bonds. The van der Waals surface area contributed by atoms with Crippen LogP contribution >= 0.6 is 0 Å². The van der Waals surface area contributed by atoms with Gasteiger partial charge in [-0.25, -0.2) is 9.97 Å². The first-order valence-electron chi connectivity index (χ1n) is 9.75. The van der Waals surface area contributed by atoms with E-state index in [9.17, 15) is 4.79 Å². The molecule has 2 aromatic rings. The van der Waals surface area contributed by atoms with E-state index in [1.165, 1.54) is 12.0 Å². The Bertz CT molecular complexity index is 825. The van der Waals surface area contributed by atoms with Gasteiger partial charge in [0.1, 0.15) is 17.3 Å². The molecule has 27 heavy (non-hydrogen) atoms. The van der Waals surface area contributed by atoms with Gasteiger partial charge in [-0.05, 0) is 42.7 Å². The molecular formula is C22H30N4O. The molecule has 144 valence electrons. The van der Waals surface area contributed by atoms with E-state index in [1.807, 2.05) is 30.0 Å². The summed E-state index contributed by atoms with van der Waals surface area (Å²) in [5, 5.41) is 3.41. The first kappa shape index (κ1) is 19.3. The minimum atomic E-state index is -0.000735. The highest BCUT2D eigenvalue weighted by molar-refractivity contribution is 5.93. The summed E-state index contributed by atoms with van der Waals surface area (Å²) in [6, 6.07) is 9.99. The minimum absolute atomic E-state index is 0.000735. The highest BCUT2D eigenvalue weighted by Gasteiger charge is 2.24. The topological polar surface area (TPSA) is 58.1 Å². The van der Waals surface area contributed by atoms with Crippen molar-refractivity contribution in [2.75, 3.05) is 18.4 Å². The number of piperidine rings is 1. The lowest BCUT2D eigenvalue weighted by Gasteiger charge is -2.30. The van der Waals surface area contributed by atoms with E-state index in [0.717, 1.165) is 25.2 Å². The van der Waals surface area contributed by atoms with Crippen molar-refractivity contribution in [2.45, 2.75) is 52.9 Å². The number of aromatic nitrogens is 2. The third kappa shape index (κ3) is 4.65. The summed E-state index contributed by atoms with van der Waals surface area (Å²) in [5.41, 5.74) is 2.69. The second-order valence-corrected chi connectivity index (χ2v) is 8.60. The van der Waals surface area contributed by atoms with Crippen molar-refractivity contribution < 1.29 is 4.79 Å². The second-order valence-electron chi connectivity index (χ2n) is 8.60. The maximum Gasteiger partial charge on any atom is 0.272 e.